The van der Waals surface area contributed by atoms with Crippen LogP contribution in [0.2, 0.25) is 0 Å². The van der Waals surface area contributed by atoms with Crippen LogP contribution < -0.4 is 14.8 Å². The van der Waals surface area contributed by atoms with Gasteiger partial charge in [-0.25, -0.2) is 102 Å². The molecule has 1 N–H and O–H groups in total. The third kappa shape index (κ3) is 8.16. The van der Waals surface area contributed by atoms with Gasteiger partial charge in [0.1, 0.15) is 28.4 Å². The third-order valence-corrected chi connectivity index (χ3v) is 8.12. The number of benzene rings is 5. The fraction of sp³-hybridized carbons (Fsp3) is 0.0556. The highest BCUT2D eigenvalue weighted by Crippen LogP contribution is 2.36. The van der Waals surface area contributed by atoms with Crippen molar-refractivity contribution in [2.24, 2.45) is 0 Å². The molecule has 5 rings (SSSR count). The summed E-state index contributed by atoms with van der Waals surface area (Å²) in [7, 11) is 0. The predicted molar refractivity (Wildman–Crippen MR) is 162 cm³/mol. The Balaban J connectivity index is 1.69. The van der Waals surface area contributed by atoms with Crippen LogP contribution in [0.3, 0.4) is 0 Å². The Hall–Kier alpha value is -7.42. The van der Waals surface area contributed by atoms with Gasteiger partial charge in [-0.3, -0.25) is 4.79 Å². The maximum Gasteiger partial charge on any atom is 0.349 e. The van der Waals surface area contributed by atoms with E-state index in [2.05, 4.69) is 14.2 Å². The smallest absolute Gasteiger partial charge is 0.349 e. The van der Waals surface area contributed by atoms with E-state index in [0.29, 0.717) is 0 Å². The number of nitrogens with one attached hydrogen (secondary N) is 1. The summed E-state index contributed by atoms with van der Waals surface area (Å²) in [4.78, 5) is 51.3. The maximum absolute atomic E-state index is 14.6. The summed E-state index contributed by atoms with van der Waals surface area (Å²) in [6, 6.07) is 0.273. The van der Waals surface area contributed by atoms with Crippen LogP contribution in [0.1, 0.15) is 53.1 Å². The normalized spacial score (nSPS) is 11.7. The lowest BCUT2D eigenvalue weighted by atomic mass is 10.1. The largest absolute Gasteiger partial charge is 0.452 e. The monoisotopic (exact) mass is 945 g/mol. The van der Waals surface area contributed by atoms with Crippen LogP contribution in [-0.4, -0.2) is 30.4 Å². The Bertz CT molecular complexity index is 2760. The minimum absolute atomic E-state index is 0.0495. The fourth-order valence-corrected chi connectivity index (χ4v) is 5.04. The first kappa shape index (κ1) is 47.6. The first-order valence-corrected chi connectivity index (χ1v) is 15.9. The van der Waals surface area contributed by atoms with Crippen molar-refractivity contribution in [1.29, 1.82) is 0 Å². The number of amides is 1. The molecule has 338 valence electrons. The molecule has 1 unspecified atom stereocenters. The molecule has 0 fully saturated rings. The molecule has 0 saturated heterocycles. The molecule has 0 aliphatic heterocycles. The average molecular weight is 945 g/mol. The number of hydrogen-bond donors (Lipinski definition) is 1. The van der Waals surface area contributed by atoms with E-state index >= 15 is 0 Å². The van der Waals surface area contributed by atoms with E-state index in [9.17, 15) is 107 Å². The highest BCUT2D eigenvalue weighted by atomic mass is 19.2. The molecule has 0 aromatic heterocycles. The number of rotatable bonds is 10. The van der Waals surface area contributed by atoms with Gasteiger partial charge >= 0.3 is 17.9 Å². The Morgan fingerprint density at radius 2 is 0.656 bits per heavy atom. The molecular weight excluding hydrogens is 938 g/mol. The van der Waals surface area contributed by atoms with E-state index in [1.807, 2.05) is 0 Å². The highest BCUT2D eigenvalue weighted by Gasteiger charge is 2.37. The molecule has 5 aromatic carbocycles. The molecule has 0 radical (unpaired) electrons. The van der Waals surface area contributed by atoms with Crippen LogP contribution in [0.25, 0.3) is 0 Å². The maximum atomic E-state index is 14.6. The second-order valence-electron chi connectivity index (χ2n) is 11.9. The topological polar surface area (TPSA) is 108 Å². The molecule has 5 aromatic rings. The molecule has 0 spiro atoms. The molecule has 0 bridgehead atoms. The number of ether oxygens (including phenoxy) is 3. The van der Waals surface area contributed by atoms with Crippen molar-refractivity contribution in [3.05, 3.63) is 162 Å². The lowest BCUT2D eigenvalue weighted by molar-refractivity contribution is 0.0277. The van der Waals surface area contributed by atoms with Gasteiger partial charge in [0.25, 0.3) is 5.91 Å². The zero-order valence-electron chi connectivity index (χ0n) is 29.4. The van der Waals surface area contributed by atoms with Gasteiger partial charge in [-0.1, -0.05) is 6.07 Å². The Morgan fingerprint density at radius 1 is 0.375 bits per heavy atom. The lowest BCUT2D eigenvalue weighted by Crippen LogP contribution is -2.33. The summed E-state index contributed by atoms with van der Waals surface area (Å²) in [6.45, 7) is -1.77. The van der Waals surface area contributed by atoms with Gasteiger partial charge in [0.05, 0.1) is 6.54 Å². The fourth-order valence-electron chi connectivity index (χ4n) is 5.04. The molecule has 64 heavy (non-hydrogen) atoms. The van der Waals surface area contributed by atoms with E-state index in [0.717, 1.165) is 0 Å². The minimum Gasteiger partial charge on any atom is -0.452 e. The van der Waals surface area contributed by atoms with E-state index in [1.165, 1.54) is 5.32 Å². The van der Waals surface area contributed by atoms with Crippen molar-refractivity contribution in [3.63, 3.8) is 0 Å². The van der Waals surface area contributed by atoms with Gasteiger partial charge < -0.3 is 19.5 Å². The molecule has 8 nitrogen and oxygen atoms in total. The molecule has 0 heterocycles. The third-order valence-electron chi connectivity index (χ3n) is 8.12. The van der Waals surface area contributed by atoms with Gasteiger partial charge in [0.2, 0.25) is 23.3 Å². The van der Waals surface area contributed by atoms with Crippen molar-refractivity contribution in [2.75, 3.05) is 6.54 Å². The molecule has 0 saturated carbocycles. The molecule has 0 aliphatic rings. The molecule has 28 heteroatoms. The van der Waals surface area contributed by atoms with Crippen LogP contribution in [0.5, 0.6) is 11.5 Å². The molecule has 1 amide bonds. The SMILES string of the molecule is O=C(NCC(OC(=O)c1c(F)c(F)c(F)c(F)c1F)c1ccc(OC(=O)c2c(F)c(F)c(F)c(F)c2F)c(OC(=O)c2c(F)c(F)c(F)c(F)c2F)c1)c1c(F)c(F)c(F)c(F)c1F. The van der Waals surface area contributed by atoms with Gasteiger partial charge in [0.15, 0.2) is 105 Å². The van der Waals surface area contributed by atoms with E-state index < -0.39 is 192 Å². The van der Waals surface area contributed by atoms with Crippen molar-refractivity contribution >= 4 is 23.8 Å². The first-order valence-electron chi connectivity index (χ1n) is 15.9. The lowest BCUT2D eigenvalue weighted by Gasteiger charge is -2.21. The van der Waals surface area contributed by atoms with Gasteiger partial charge in [-0.15, -0.1) is 0 Å². The van der Waals surface area contributed by atoms with Crippen molar-refractivity contribution in [1.82, 2.24) is 5.32 Å². The second kappa shape index (κ2) is 17.8. The van der Waals surface area contributed by atoms with E-state index in [-0.39, 0.29) is 18.2 Å². The first-order chi connectivity index (χ1) is 29.8. The van der Waals surface area contributed by atoms with Crippen molar-refractivity contribution in [2.45, 2.75) is 6.10 Å². The van der Waals surface area contributed by atoms with Gasteiger partial charge in [-0.05, 0) is 17.7 Å². The van der Waals surface area contributed by atoms with Crippen LogP contribution in [0.4, 0.5) is 87.8 Å². The zero-order chi connectivity index (χ0) is 48.1. The number of carbonyl (C=O) groups is 4. The van der Waals surface area contributed by atoms with Crippen LogP contribution in [0.15, 0.2) is 18.2 Å². The highest BCUT2D eigenvalue weighted by molar-refractivity contribution is 5.96. The van der Waals surface area contributed by atoms with E-state index in [1.54, 1.807) is 0 Å². The zero-order valence-corrected chi connectivity index (χ0v) is 29.4. The minimum atomic E-state index is -2.91. The Kier molecular flexibility index (Phi) is 13.2. The predicted octanol–water partition coefficient (Wildman–Crippen LogP) is 9.24. The number of esters is 3. The van der Waals surface area contributed by atoms with Crippen LogP contribution in [0, 0.1) is 116 Å². The number of hydrogen-bond acceptors (Lipinski definition) is 7. The van der Waals surface area contributed by atoms with Crippen LogP contribution in [-0.2, 0) is 4.74 Å². The van der Waals surface area contributed by atoms with Crippen LogP contribution >= 0.6 is 0 Å². The van der Waals surface area contributed by atoms with E-state index in [4.69, 9.17) is 0 Å². The summed E-state index contributed by atoms with van der Waals surface area (Å²) in [5.41, 5.74) is -10.9. The summed E-state index contributed by atoms with van der Waals surface area (Å²) in [5, 5.41) is 1.34. The molecule has 0 aliphatic carbocycles. The van der Waals surface area contributed by atoms with Crippen molar-refractivity contribution in [3.8, 4) is 11.5 Å². The summed E-state index contributed by atoms with van der Waals surface area (Å²) < 4.78 is 295. The number of halogens is 20. The quantitative estimate of drug-likeness (QED) is 0.0489. The summed E-state index contributed by atoms with van der Waals surface area (Å²) >= 11 is 0. The Morgan fingerprint density at radius 3 is 1.00 bits per heavy atom. The standard InChI is InChI=1S/C36H7F20NO7/c37-13-9(14(38)22(46)29(53)21(13)45)33(58)57-4-8(64-36(61)12-19(43)27(51)32(56)28(52)20(12)44)5-1-2-6(62-34(59)10-15(39)23(47)30(54)24(48)16(10)40)7(3-5)63-35(60)11-17(41)25(49)31(55)26(50)18(11)42/h1-3,8H,4H2,(H,57,58). The number of carbonyl (C=O) groups excluding carboxylic acids is 4. The van der Waals surface area contributed by atoms with Gasteiger partial charge in [-0.2, -0.15) is 0 Å². The summed E-state index contributed by atoms with van der Waals surface area (Å²) in [6.07, 6.45) is -2.82. The molecule has 1 atom stereocenters. The Labute approximate surface area is 337 Å². The average Bonchev–Trinajstić information content (AvgIpc) is 3.25. The van der Waals surface area contributed by atoms with Crippen molar-refractivity contribution < 1.29 is 121 Å². The second-order valence-corrected chi connectivity index (χ2v) is 11.9. The summed E-state index contributed by atoms with van der Waals surface area (Å²) in [5.74, 6) is -71.0. The molecular formula is C36H7F20NO7. The van der Waals surface area contributed by atoms with Gasteiger partial charge in [0, 0.05) is 0 Å².